The number of likely N-dealkylation sites (N-methyl/N-ethyl adjacent to an activating group) is 1. The Hall–Kier alpha value is -1.79. The molecular weight excluding hydrogens is 364 g/mol. The van der Waals surface area contributed by atoms with Gasteiger partial charge in [0.05, 0.1) is 19.8 Å². The summed E-state index contributed by atoms with van der Waals surface area (Å²) >= 11 is 0. The van der Waals surface area contributed by atoms with Crippen LogP contribution in [0.15, 0.2) is 23.2 Å². The fourth-order valence-electron chi connectivity index (χ4n) is 4.12. The Balaban J connectivity index is 1.63. The zero-order chi connectivity index (χ0) is 20.5. The third kappa shape index (κ3) is 6.61. The molecule has 29 heavy (non-hydrogen) atoms. The quantitative estimate of drug-likeness (QED) is 0.517. The number of benzene rings is 1. The molecule has 2 aliphatic rings. The largest absolute Gasteiger partial charge is 0.488 e. The summed E-state index contributed by atoms with van der Waals surface area (Å²) in [5, 5.41) is 6.95. The minimum Gasteiger partial charge on any atom is -0.488 e. The van der Waals surface area contributed by atoms with E-state index >= 15 is 0 Å². The van der Waals surface area contributed by atoms with Crippen molar-refractivity contribution in [1.29, 1.82) is 0 Å². The second kappa shape index (κ2) is 11.4. The Morgan fingerprint density at radius 1 is 1.24 bits per heavy atom. The first-order chi connectivity index (χ1) is 14.2. The van der Waals surface area contributed by atoms with Crippen molar-refractivity contribution in [1.82, 2.24) is 15.5 Å². The minimum absolute atomic E-state index is 0.150. The van der Waals surface area contributed by atoms with Gasteiger partial charge in [0, 0.05) is 31.1 Å². The van der Waals surface area contributed by atoms with Gasteiger partial charge in [-0.3, -0.25) is 4.90 Å². The van der Waals surface area contributed by atoms with E-state index in [1.807, 2.05) is 0 Å². The lowest BCUT2D eigenvalue weighted by Gasteiger charge is -2.35. The highest BCUT2D eigenvalue weighted by Crippen LogP contribution is 2.24. The molecule has 0 amide bonds. The first-order valence-electron chi connectivity index (χ1n) is 11.3. The molecule has 6 heteroatoms. The van der Waals surface area contributed by atoms with Crippen molar-refractivity contribution in [2.45, 2.75) is 65.1 Å². The van der Waals surface area contributed by atoms with Crippen LogP contribution in [0.2, 0.25) is 0 Å². The van der Waals surface area contributed by atoms with Gasteiger partial charge in [0.2, 0.25) is 0 Å². The summed E-state index contributed by atoms with van der Waals surface area (Å²) in [7, 11) is 0. The second-order valence-corrected chi connectivity index (χ2v) is 8.07. The summed E-state index contributed by atoms with van der Waals surface area (Å²) in [6, 6.07) is 6.97. The van der Waals surface area contributed by atoms with E-state index in [2.05, 4.69) is 54.5 Å². The highest BCUT2D eigenvalue weighted by molar-refractivity contribution is 5.79. The molecule has 3 rings (SSSR count). The van der Waals surface area contributed by atoms with E-state index in [-0.39, 0.29) is 6.10 Å². The molecule has 1 aromatic carbocycles. The smallest absolute Gasteiger partial charge is 0.191 e. The maximum atomic E-state index is 6.22. The topological polar surface area (TPSA) is 58.1 Å². The van der Waals surface area contributed by atoms with E-state index in [0.717, 1.165) is 49.9 Å². The van der Waals surface area contributed by atoms with Crippen LogP contribution in [0.1, 0.15) is 50.7 Å². The van der Waals surface area contributed by atoms with Crippen LogP contribution >= 0.6 is 0 Å². The lowest BCUT2D eigenvalue weighted by Crippen LogP contribution is -2.49. The lowest BCUT2D eigenvalue weighted by molar-refractivity contribution is 0.140. The van der Waals surface area contributed by atoms with Crippen molar-refractivity contribution in [2.24, 2.45) is 4.99 Å². The van der Waals surface area contributed by atoms with Crippen molar-refractivity contribution in [3.63, 3.8) is 0 Å². The normalized spacial score (nSPS) is 23.2. The van der Waals surface area contributed by atoms with Gasteiger partial charge in [-0.2, -0.15) is 0 Å². The van der Waals surface area contributed by atoms with Crippen LogP contribution in [-0.4, -0.2) is 62.4 Å². The molecule has 0 spiro atoms. The average Bonchev–Trinajstić information content (AvgIpc) is 3.24. The van der Waals surface area contributed by atoms with Crippen molar-refractivity contribution in [3.8, 4) is 5.75 Å². The van der Waals surface area contributed by atoms with Crippen molar-refractivity contribution in [2.75, 3.05) is 39.4 Å². The predicted molar refractivity (Wildman–Crippen MR) is 119 cm³/mol. The number of likely N-dealkylation sites (tertiary alicyclic amines) is 1. The fraction of sp³-hybridized carbons (Fsp3) is 0.696. The van der Waals surface area contributed by atoms with Crippen LogP contribution < -0.4 is 15.4 Å². The van der Waals surface area contributed by atoms with E-state index in [4.69, 9.17) is 14.5 Å². The predicted octanol–water partition coefficient (Wildman–Crippen LogP) is 3.09. The molecule has 1 aromatic rings. The van der Waals surface area contributed by atoms with Gasteiger partial charge in [0.25, 0.3) is 0 Å². The molecule has 2 heterocycles. The zero-order valence-electron chi connectivity index (χ0n) is 18.4. The minimum atomic E-state index is 0.150. The number of hydrogen-bond acceptors (Lipinski definition) is 4. The first-order valence-corrected chi connectivity index (χ1v) is 11.3. The Bertz CT molecular complexity index is 658. The van der Waals surface area contributed by atoms with Gasteiger partial charge in [-0.15, -0.1) is 0 Å². The number of rotatable bonds is 8. The highest BCUT2D eigenvalue weighted by atomic mass is 16.5. The molecule has 0 radical (unpaired) electrons. The fourth-order valence-corrected chi connectivity index (χ4v) is 4.12. The van der Waals surface area contributed by atoms with E-state index in [0.29, 0.717) is 19.2 Å². The van der Waals surface area contributed by atoms with Crippen molar-refractivity contribution >= 4 is 5.96 Å². The van der Waals surface area contributed by atoms with Gasteiger partial charge in [-0.25, -0.2) is 4.99 Å². The summed E-state index contributed by atoms with van der Waals surface area (Å²) in [6.45, 7) is 12.6. The van der Waals surface area contributed by atoms with Crippen LogP contribution in [0.3, 0.4) is 0 Å². The van der Waals surface area contributed by atoms with Crippen LogP contribution in [-0.2, 0) is 11.3 Å². The third-order valence-corrected chi connectivity index (χ3v) is 5.82. The first kappa shape index (κ1) is 21.9. The Morgan fingerprint density at radius 2 is 2.14 bits per heavy atom. The van der Waals surface area contributed by atoms with E-state index in [1.54, 1.807) is 0 Å². The number of aryl methyl sites for hydroxylation is 1. The summed E-state index contributed by atoms with van der Waals surface area (Å²) in [4.78, 5) is 7.43. The number of ether oxygens (including phenoxy) is 2. The second-order valence-electron chi connectivity index (χ2n) is 8.07. The van der Waals surface area contributed by atoms with Crippen LogP contribution in [0.4, 0.5) is 0 Å². The van der Waals surface area contributed by atoms with E-state index in [9.17, 15) is 0 Å². The van der Waals surface area contributed by atoms with Gasteiger partial charge in [-0.05, 0) is 51.4 Å². The number of nitrogens with one attached hydrogen (secondary N) is 2. The Morgan fingerprint density at radius 3 is 2.90 bits per heavy atom. The molecule has 2 fully saturated rings. The molecule has 0 aromatic heterocycles. The molecule has 0 saturated carbocycles. The molecule has 2 aliphatic heterocycles. The third-order valence-electron chi connectivity index (χ3n) is 5.82. The van der Waals surface area contributed by atoms with Gasteiger partial charge < -0.3 is 20.1 Å². The molecule has 0 bridgehead atoms. The monoisotopic (exact) mass is 402 g/mol. The maximum absolute atomic E-state index is 6.22. The summed E-state index contributed by atoms with van der Waals surface area (Å²) in [5.41, 5.74) is 2.32. The van der Waals surface area contributed by atoms with Gasteiger partial charge in [-0.1, -0.05) is 25.5 Å². The summed E-state index contributed by atoms with van der Waals surface area (Å²) in [5.74, 6) is 1.81. The molecule has 162 valence electrons. The Kier molecular flexibility index (Phi) is 8.62. The average molecular weight is 403 g/mol. The Labute approximate surface area is 176 Å². The molecule has 2 atom stereocenters. The van der Waals surface area contributed by atoms with Crippen molar-refractivity contribution < 1.29 is 9.47 Å². The number of nitrogens with zero attached hydrogens (tertiary/aromatic N) is 2. The summed E-state index contributed by atoms with van der Waals surface area (Å²) in [6.07, 6.45) is 5.01. The standard InChI is InChI=1S/C23H38N4O2/c1-4-24-23(26-16-20-8-6-7-12-27(20)5-2)25-15-19-10-9-18(3)14-22(19)29-21-11-13-28-17-21/h9-10,14,20-21H,4-8,11-13,15-17H2,1-3H3,(H2,24,25,26). The molecule has 2 unspecified atom stereocenters. The molecule has 2 N–H and O–H groups in total. The van der Waals surface area contributed by atoms with Gasteiger partial charge >= 0.3 is 0 Å². The maximum Gasteiger partial charge on any atom is 0.191 e. The van der Waals surface area contributed by atoms with Crippen LogP contribution in [0.25, 0.3) is 0 Å². The van der Waals surface area contributed by atoms with E-state index < -0.39 is 0 Å². The van der Waals surface area contributed by atoms with E-state index in [1.165, 1.54) is 31.4 Å². The number of hydrogen-bond donors (Lipinski definition) is 2. The number of aliphatic imine (C=N–C) groups is 1. The van der Waals surface area contributed by atoms with Crippen molar-refractivity contribution in [3.05, 3.63) is 29.3 Å². The SMILES string of the molecule is CCNC(=NCc1ccc(C)cc1OC1CCOC1)NCC1CCCCN1CC. The molecular formula is C23H38N4O2. The summed E-state index contributed by atoms with van der Waals surface area (Å²) < 4.78 is 11.7. The van der Waals surface area contributed by atoms with Crippen LogP contribution in [0, 0.1) is 6.92 Å². The molecule has 2 saturated heterocycles. The lowest BCUT2D eigenvalue weighted by atomic mass is 10.0. The zero-order valence-corrected chi connectivity index (χ0v) is 18.4. The van der Waals surface area contributed by atoms with Crippen LogP contribution in [0.5, 0.6) is 5.75 Å². The molecule has 6 nitrogen and oxygen atoms in total. The number of guanidine groups is 1. The van der Waals surface area contributed by atoms with Gasteiger partial charge in [0.1, 0.15) is 11.9 Å². The van der Waals surface area contributed by atoms with Gasteiger partial charge in [0.15, 0.2) is 5.96 Å². The highest BCUT2D eigenvalue weighted by Gasteiger charge is 2.21. The number of piperidine rings is 1. The molecule has 0 aliphatic carbocycles.